The summed E-state index contributed by atoms with van der Waals surface area (Å²) in [6.45, 7) is 8.83. The second-order valence-electron chi connectivity index (χ2n) is 12.9. The van der Waals surface area contributed by atoms with Crippen molar-refractivity contribution in [1.82, 2.24) is 0 Å². The Balaban J connectivity index is 1.55. The molecule has 1 heterocycles. The first-order valence-corrected chi connectivity index (χ1v) is 13.6. The van der Waals surface area contributed by atoms with Gasteiger partial charge < -0.3 is 25.2 Å². The van der Waals surface area contributed by atoms with Crippen LogP contribution in [0.15, 0.2) is 22.8 Å². The molecule has 10 atom stereocenters. The van der Waals surface area contributed by atoms with Crippen LogP contribution in [0.2, 0.25) is 0 Å². The molecule has 0 aromatic heterocycles. The summed E-state index contributed by atoms with van der Waals surface area (Å²) in [6.07, 6.45) is 0.501. The molecule has 5 aliphatic rings. The van der Waals surface area contributed by atoms with Gasteiger partial charge in [0.05, 0.1) is 23.2 Å². The number of Topliss-reactive ketones (excluding diaryl/α,β-unsaturated/α-hetero) is 1. The van der Waals surface area contributed by atoms with Crippen LogP contribution in [0, 0.1) is 28.6 Å². The number of cyclic esters (lactones) is 1. The Labute approximate surface area is 217 Å². The lowest BCUT2D eigenvalue weighted by Crippen LogP contribution is -2.66. The zero-order valence-electron chi connectivity index (χ0n) is 22.4. The SMILES string of the molecule is CCC1=C(C)C(=O)OC(C(C)(O)C2CCC3(O)C4=CC(=O)C5CC(O)C(O)CC5(C)C4CC(=O)C23C)C1. The van der Waals surface area contributed by atoms with E-state index in [0.717, 1.165) is 5.57 Å². The number of ether oxygens (including phenoxy) is 1. The van der Waals surface area contributed by atoms with Crippen molar-refractivity contribution in [3.8, 4) is 0 Å². The van der Waals surface area contributed by atoms with Crippen molar-refractivity contribution in [3.05, 3.63) is 22.8 Å². The van der Waals surface area contributed by atoms with Gasteiger partial charge in [-0.2, -0.15) is 0 Å². The molecule has 37 heavy (non-hydrogen) atoms. The van der Waals surface area contributed by atoms with Gasteiger partial charge in [-0.25, -0.2) is 4.79 Å². The van der Waals surface area contributed by atoms with Crippen LogP contribution < -0.4 is 0 Å². The van der Waals surface area contributed by atoms with Crippen LogP contribution in [-0.4, -0.2) is 67.5 Å². The van der Waals surface area contributed by atoms with Crippen molar-refractivity contribution >= 4 is 17.5 Å². The van der Waals surface area contributed by atoms with Crippen molar-refractivity contribution in [2.45, 2.75) is 109 Å². The summed E-state index contributed by atoms with van der Waals surface area (Å²) in [5.74, 6) is -2.55. The highest BCUT2D eigenvalue weighted by molar-refractivity contribution is 5.98. The van der Waals surface area contributed by atoms with E-state index in [9.17, 15) is 34.8 Å². The van der Waals surface area contributed by atoms with Crippen molar-refractivity contribution in [3.63, 3.8) is 0 Å². The van der Waals surface area contributed by atoms with Crippen LogP contribution in [-0.2, 0) is 19.1 Å². The quantitative estimate of drug-likeness (QED) is 0.418. The average molecular weight is 517 g/mol. The normalized spacial score (nSPS) is 47.5. The highest BCUT2D eigenvalue weighted by Crippen LogP contribution is 2.67. The predicted octanol–water partition coefficient (Wildman–Crippen LogP) is 2.16. The number of carbonyl (C=O) groups excluding carboxylic acids is 3. The summed E-state index contributed by atoms with van der Waals surface area (Å²) >= 11 is 0. The Morgan fingerprint density at radius 1 is 1.11 bits per heavy atom. The van der Waals surface area contributed by atoms with Crippen LogP contribution >= 0.6 is 0 Å². The summed E-state index contributed by atoms with van der Waals surface area (Å²) in [4.78, 5) is 40.0. The van der Waals surface area contributed by atoms with Crippen molar-refractivity contribution in [2.75, 3.05) is 0 Å². The van der Waals surface area contributed by atoms with E-state index in [2.05, 4.69) is 0 Å². The van der Waals surface area contributed by atoms with Gasteiger partial charge in [-0.1, -0.05) is 19.4 Å². The van der Waals surface area contributed by atoms with Crippen LogP contribution in [0.25, 0.3) is 0 Å². The molecular weight excluding hydrogens is 476 g/mol. The van der Waals surface area contributed by atoms with E-state index in [0.29, 0.717) is 30.4 Å². The summed E-state index contributed by atoms with van der Waals surface area (Å²) < 4.78 is 5.67. The van der Waals surface area contributed by atoms with Gasteiger partial charge in [-0.3, -0.25) is 9.59 Å². The second-order valence-corrected chi connectivity index (χ2v) is 12.9. The molecule has 0 saturated heterocycles. The standard InChI is InChI=1S/C29H40O8/c1-6-15-9-24(37-25(34)14(15)2)28(5,35)22-7-8-29(36)17-10-19(30)18-11-20(31)21(32)13-26(18,3)16(17)12-23(33)27(22,29)4/h10,16,18,20-22,24,31-32,35-36H,6-9,11-13H2,1-5H3. The number of rotatable bonds is 3. The monoisotopic (exact) mass is 516 g/mol. The number of aliphatic hydroxyl groups is 4. The highest BCUT2D eigenvalue weighted by atomic mass is 16.6. The van der Waals surface area contributed by atoms with Crippen molar-refractivity contribution in [1.29, 1.82) is 0 Å². The maximum absolute atomic E-state index is 14.1. The van der Waals surface area contributed by atoms with E-state index < -0.39 is 64.1 Å². The Morgan fingerprint density at radius 3 is 2.43 bits per heavy atom. The minimum Gasteiger partial charge on any atom is -0.456 e. The molecule has 0 spiro atoms. The first kappa shape index (κ1) is 26.7. The summed E-state index contributed by atoms with van der Waals surface area (Å²) in [7, 11) is 0. The number of carbonyl (C=O) groups is 3. The first-order valence-electron chi connectivity index (χ1n) is 13.6. The molecule has 204 valence electrons. The average Bonchev–Trinajstić information content (AvgIpc) is 3.12. The lowest BCUT2D eigenvalue weighted by Gasteiger charge is -2.59. The second kappa shape index (κ2) is 8.31. The molecule has 5 rings (SSSR count). The van der Waals surface area contributed by atoms with Gasteiger partial charge in [-0.15, -0.1) is 0 Å². The van der Waals surface area contributed by atoms with E-state index >= 15 is 0 Å². The fourth-order valence-corrected chi connectivity index (χ4v) is 8.76. The Kier molecular flexibility index (Phi) is 6.00. The Bertz CT molecular complexity index is 1120. The molecular formula is C29H40O8. The van der Waals surface area contributed by atoms with Crippen LogP contribution in [0.1, 0.15) is 79.6 Å². The van der Waals surface area contributed by atoms with Crippen LogP contribution in [0.3, 0.4) is 0 Å². The van der Waals surface area contributed by atoms with Gasteiger partial charge in [0, 0.05) is 30.3 Å². The molecule has 8 nitrogen and oxygen atoms in total. The molecule has 4 N–H and O–H groups in total. The van der Waals surface area contributed by atoms with Gasteiger partial charge in [0.25, 0.3) is 0 Å². The van der Waals surface area contributed by atoms with E-state index in [1.807, 2.05) is 13.8 Å². The number of aliphatic hydroxyl groups excluding tert-OH is 2. The van der Waals surface area contributed by atoms with Crippen molar-refractivity contribution in [2.24, 2.45) is 28.6 Å². The molecule has 0 bridgehead atoms. The molecule has 0 radical (unpaired) electrons. The fraction of sp³-hybridized carbons (Fsp3) is 0.759. The van der Waals surface area contributed by atoms with Gasteiger partial charge >= 0.3 is 5.97 Å². The molecule has 1 aliphatic heterocycles. The van der Waals surface area contributed by atoms with Crippen molar-refractivity contribution < 1.29 is 39.5 Å². The van der Waals surface area contributed by atoms with Gasteiger partial charge in [0.2, 0.25) is 0 Å². The molecule has 8 heteroatoms. The number of fused-ring (bicyclic) bond motifs is 5. The maximum Gasteiger partial charge on any atom is 0.334 e. The van der Waals surface area contributed by atoms with E-state index in [1.54, 1.807) is 20.8 Å². The molecule has 0 aromatic carbocycles. The number of allylic oxidation sites excluding steroid dienone is 1. The Hall–Kier alpha value is -1.87. The fourth-order valence-electron chi connectivity index (χ4n) is 8.76. The summed E-state index contributed by atoms with van der Waals surface area (Å²) in [5, 5.41) is 45.0. The highest BCUT2D eigenvalue weighted by Gasteiger charge is 2.72. The third kappa shape index (κ3) is 3.38. The van der Waals surface area contributed by atoms with Crippen LogP contribution in [0.4, 0.5) is 0 Å². The lowest BCUT2D eigenvalue weighted by atomic mass is 9.45. The largest absolute Gasteiger partial charge is 0.456 e. The molecule has 3 fully saturated rings. The third-order valence-corrected chi connectivity index (χ3v) is 11.3. The smallest absolute Gasteiger partial charge is 0.334 e. The van der Waals surface area contributed by atoms with Crippen LogP contribution in [0.5, 0.6) is 0 Å². The topological polar surface area (TPSA) is 141 Å². The van der Waals surface area contributed by atoms with E-state index in [-0.39, 0.29) is 37.2 Å². The summed E-state index contributed by atoms with van der Waals surface area (Å²) in [6, 6.07) is 0. The maximum atomic E-state index is 14.1. The first-order chi connectivity index (χ1) is 17.1. The number of hydrogen-bond acceptors (Lipinski definition) is 8. The molecule has 3 saturated carbocycles. The minimum atomic E-state index is -1.65. The zero-order chi connectivity index (χ0) is 27.3. The number of hydrogen-bond donors (Lipinski definition) is 4. The molecule has 10 unspecified atom stereocenters. The number of ketones is 2. The lowest BCUT2D eigenvalue weighted by molar-refractivity contribution is -0.192. The zero-order valence-corrected chi connectivity index (χ0v) is 22.4. The predicted molar refractivity (Wildman–Crippen MR) is 133 cm³/mol. The third-order valence-electron chi connectivity index (χ3n) is 11.3. The molecule has 0 aromatic rings. The Morgan fingerprint density at radius 2 is 1.78 bits per heavy atom. The van der Waals surface area contributed by atoms with E-state index in [4.69, 9.17) is 4.74 Å². The summed E-state index contributed by atoms with van der Waals surface area (Å²) in [5.41, 5.74) is -3.43. The van der Waals surface area contributed by atoms with Gasteiger partial charge in [0.15, 0.2) is 5.78 Å². The molecule has 4 aliphatic carbocycles. The van der Waals surface area contributed by atoms with E-state index in [1.165, 1.54) is 6.08 Å². The minimum absolute atomic E-state index is 0.0734. The number of esters is 1. The van der Waals surface area contributed by atoms with Gasteiger partial charge in [0.1, 0.15) is 17.5 Å². The molecule has 0 amide bonds. The van der Waals surface area contributed by atoms with Gasteiger partial charge in [-0.05, 0) is 75.9 Å².